The van der Waals surface area contributed by atoms with Gasteiger partial charge < -0.3 is 20.5 Å². The molecule has 1 unspecified atom stereocenters. The zero-order valence-electron chi connectivity index (χ0n) is 10.2. The predicted molar refractivity (Wildman–Crippen MR) is 61.6 cm³/mol. The van der Waals surface area contributed by atoms with Gasteiger partial charge in [0.05, 0.1) is 13.2 Å². The van der Waals surface area contributed by atoms with Gasteiger partial charge in [-0.3, -0.25) is 4.79 Å². The largest absolute Gasteiger partial charge is 0.480 e. The molecule has 1 fully saturated rings. The number of ether oxygens (including phenoxy) is 1. The second-order valence-corrected chi connectivity index (χ2v) is 4.56. The fraction of sp³-hybridized carbons (Fsp3) is 0.818. The molecule has 6 heteroatoms. The SMILES string of the molecule is CC(C)[C@H](NC(=O)CC1COCCN1)C(=O)O. The van der Waals surface area contributed by atoms with E-state index in [2.05, 4.69) is 10.6 Å². The summed E-state index contributed by atoms with van der Waals surface area (Å²) in [7, 11) is 0. The Morgan fingerprint density at radius 2 is 2.24 bits per heavy atom. The van der Waals surface area contributed by atoms with E-state index in [0.29, 0.717) is 13.2 Å². The van der Waals surface area contributed by atoms with Gasteiger partial charge in [0.1, 0.15) is 6.04 Å². The van der Waals surface area contributed by atoms with E-state index in [1.807, 2.05) is 0 Å². The van der Waals surface area contributed by atoms with Crippen molar-refractivity contribution in [2.75, 3.05) is 19.8 Å². The molecule has 0 saturated carbocycles. The maximum atomic E-state index is 11.7. The number of carbonyl (C=O) groups is 2. The van der Waals surface area contributed by atoms with Crippen LogP contribution in [0.1, 0.15) is 20.3 Å². The van der Waals surface area contributed by atoms with Gasteiger partial charge in [0.2, 0.25) is 5.91 Å². The van der Waals surface area contributed by atoms with E-state index in [4.69, 9.17) is 9.84 Å². The summed E-state index contributed by atoms with van der Waals surface area (Å²) < 4.78 is 5.22. The first-order valence-corrected chi connectivity index (χ1v) is 5.84. The minimum absolute atomic E-state index is 0.0228. The Morgan fingerprint density at radius 3 is 2.71 bits per heavy atom. The molecule has 3 N–H and O–H groups in total. The van der Waals surface area contributed by atoms with Crippen molar-refractivity contribution < 1.29 is 19.4 Å². The average Bonchev–Trinajstić information content (AvgIpc) is 2.26. The molecule has 1 aliphatic rings. The molecule has 0 aromatic rings. The molecule has 0 bridgehead atoms. The number of morpholine rings is 1. The van der Waals surface area contributed by atoms with Crippen molar-refractivity contribution >= 4 is 11.9 Å². The molecule has 0 aromatic carbocycles. The molecule has 17 heavy (non-hydrogen) atoms. The van der Waals surface area contributed by atoms with Gasteiger partial charge >= 0.3 is 5.97 Å². The van der Waals surface area contributed by atoms with Crippen LogP contribution >= 0.6 is 0 Å². The van der Waals surface area contributed by atoms with Crippen molar-refractivity contribution in [2.24, 2.45) is 5.92 Å². The first kappa shape index (κ1) is 13.9. The van der Waals surface area contributed by atoms with E-state index in [0.717, 1.165) is 6.54 Å². The van der Waals surface area contributed by atoms with Crippen LogP contribution in [0.5, 0.6) is 0 Å². The second kappa shape index (κ2) is 6.56. The van der Waals surface area contributed by atoms with Crippen LogP contribution in [0.3, 0.4) is 0 Å². The van der Waals surface area contributed by atoms with Crippen molar-refractivity contribution in [3.8, 4) is 0 Å². The maximum Gasteiger partial charge on any atom is 0.326 e. The molecule has 0 radical (unpaired) electrons. The van der Waals surface area contributed by atoms with E-state index >= 15 is 0 Å². The summed E-state index contributed by atoms with van der Waals surface area (Å²) in [5.74, 6) is -1.39. The highest BCUT2D eigenvalue weighted by molar-refractivity contribution is 5.84. The number of amides is 1. The number of aliphatic carboxylic acids is 1. The highest BCUT2D eigenvalue weighted by atomic mass is 16.5. The van der Waals surface area contributed by atoms with Crippen molar-refractivity contribution in [1.82, 2.24) is 10.6 Å². The molecular weight excluding hydrogens is 224 g/mol. The Morgan fingerprint density at radius 1 is 1.53 bits per heavy atom. The van der Waals surface area contributed by atoms with Gasteiger partial charge in [-0.2, -0.15) is 0 Å². The molecule has 6 nitrogen and oxygen atoms in total. The normalized spacial score (nSPS) is 22.2. The molecule has 0 aromatic heterocycles. The number of hydrogen-bond acceptors (Lipinski definition) is 4. The minimum Gasteiger partial charge on any atom is -0.480 e. The van der Waals surface area contributed by atoms with Gasteiger partial charge in [-0.1, -0.05) is 13.8 Å². The smallest absolute Gasteiger partial charge is 0.326 e. The molecule has 2 atom stereocenters. The van der Waals surface area contributed by atoms with Crippen molar-refractivity contribution in [3.63, 3.8) is 0 Å². The summed E-state index contributed by atoms with van der Waals surface area (Å²) in [5, 5.41) is 14.6. The van der Waals surface area contributed by atoms with Crippen LogP contribution in [-0.4, -0.2) is 48.8 Å². The van der Waals surface area contributed by atoms with E-state index in [1.165, 1.54) is 0 Å². The van der Waals surface area contributed by atoms with Crippen LogP contribution in [0, 0.1) is 5.92 Å². The summed E-state index contributed by atoms with van der Waals surface area (Å²) in [6, 6.07) is -0.850. The Hall–Kier alpha value is -1.14. The fourth-order valence-corrected chi connectivity index (χ4v) is 1.72. The van der Waals surface area contributed by atoms with Crippen molar-refractivity contribution in [2.45, 2.75) is 32.4 Å². The topological polar surface area (TPSA) is 87.7 Å². The first-order chi connectivity index (χ1) is 8.00. The van der Waals surface area contributed by atoms with Crippen molar-refractivity contribution in [1.29, 1.82) is 0 Å². The third-order valence-corrected chi connectivity index (χ3v) is 2.68. The summed E-state index contributed by atoms with van der Waals surface area (Å²) >= 11 is 0. The summed E-state index contributed by atoms with van der Waals surface area (Å²) in [5.41, 5.74) is 0. The molecule has 1 saturated heterocycles. The monoisotopic (exact) mass is 244 g/mol. The first-order valence-electron chi connectivity index (χ1n) is 5.84. The fourth-order valence-electron chi connectivity index (χ4n) is 1.72. The Bertz CT molecular complexity index is 275. The lowest BCUT2D eigenvalue weighted by Crippen LogP contribution is -2.48. The van der Waals surface area contributed by atoms with Gasteiger partial charge in [0.25, 0.3) is 0 Å². The van der Waals surface area contributed by atoms with Crippen LogP contribution in [-0.2, 0) is 14.3 Å². The number of carboxylic acids is 1. The molecule has 0 spiro atoms. The summed E-state index contributed by atoms with van der Waals surface area (Å²) in [6.07, 6.45) is 0.247. The van der Waals surface area contributed by atoms with Crippen LogP contribution in [0.4, 0.5) is 0 Å². The number of nitrogens with one attached hydrogen (secondary N) is 2. The molecule has 1 amide bonds. The minimum atomic E-state index is -0.999. The standard InChI is InChI=1S/C11H20N2O4/c1-7(2)10(11(15)16)13-9(14)5-8-6-17-4-3-12-8/h7-8,10,12H,3-6H2,1-2H3,(H,13,14)(H,15,16)/t8?,10-/m0/s1. The van der Waals surface area contributed by atoms with E-state index < -0.39 is 12.0 Å². The van der Waals surface area contributed by atoms with Crippen LogP contribution in [0.2, 0.25) is 0 Å². The van der Waals surface area contributed by atoms with Crippen LogP contribution in [0.25, 0.3) is 0 Å². The van der Waals surface area contributed by atoms with Gasteiger partial charge in [-0.25, -0.2) is 4.79 Å². The zero-order valence-corrected chi connectivity index (χ0v) is 10.2. The Kier molecular flexibility index (Phi) is 5.37. The predicted octanol–water partition coefficient (Wildman–Crippen LogP) is -0.410. The third-order valence-electron chi connectivity index (χ3n) is 2.68. The third kappa shape index (κ3) is 4.70. The van der Waals surface area contributed by atoms with Gasteiger partial charge in [0, 0.05) is 19.0 Å². The number of hydrogen-bond donors (Lipinski definition) is 3. The molecule has 1 heterocycles. The lowest BCUT2D eigenvalue weighted by atomic mass is 10.0. The quantitative estimate of drug-likeness (QED) is 0.612. The molecular formula is C11H20N2O4. The second-order valence-electron chi connectivity index (χ2n) is 4.56. The highest BCUT2D eigenvalue weighted by Gasteiger charge is 2.25. The van der Waals surface area contributed by atoms with E-state index in [-0.39, 0.29) is 24.3 Å². The molecule has 0 aliphatic carbocycles. The average molecular weight is 244 g/mol. The molecule has 98 valence electrons. The molecule has 1 aliphatic heterocycles. The van der Waals surface area contributed by atoms with Gasteiger partial charge in [-0.15, -0.1) is 0 Å². The summed E-state index contributed by atoms with van der Waals surface area (Å²) in [4.78, 5) is 22.6. The number of carbonyl (C=O) groups excluding carboxylic acids is 1. The zero-order chi connectivity index (χ0) is 12.8. The van der Waals surface area contributed by atoms with Crippen molar-refractivity contribution in [3.05, 3.63) is 0 Å². The Balaban J connectivity index is 2.38. The lowest BCUT2D eigenvalue weighted by molar-refractivity contribution is -0.143. The lowest BCUT2D eigenvalue weighted by Gasteiger charge is -2.24. The number of carboxylic acid groups (broad SMARTS) is 1. The Labute approximate surface area is 101 Å². The molecule has 1 rings (SSSR count). The number of rotatable bonds is 5. The highest BCUT2D eigenvalue weighted by Crippen LogP contribution is 2.04. The van der Waals surface area contributed by atoms with Gasteiger partial charge in [-0.05, 0) is 5.92 Å². The van der Waals surface area contributed by atoms with Gasteiger partial charge in [0.15, 0.2) is 0 Å². The van der Waals surface area contributed by atoms with E-state index in [9.17, 15) is 9.59 Å². The van der Waals surface area contributed by atoms with Crippen LogP contribution < -0.4 is 10.6 Å². The maximum absolute atomic E-state index is 11.7. The van der Waals surface area contributed by atoms with E-state index in [1.54, 1.807) is 13.8 Å². The van der Waals surface area contributed by atoms with Crippen LogP contribution in [0.15, 0.2) is 0 Å². The summed E-state index contributed by atoms with van der Waals surface area (Å²) in [6.45, 7) is 5.40.